The van der Waals surface area contributed by atoms with Crippen molar-refractivity contribution in [1.82, 2.24) is 9.88 Å². The summed E-state index contributed by atoms with van der Waals surface area (Å²) < 4.78 is 1.54. The van der Waals surface area contributed by atoms with Gasteiger partial charge in [-0.1, -0.05) is 0 Å². The zero-order valence-corrected chi connectivity index (χ0v) is 13.2. The lowest BCUT2D eigenvalue weighted by Gasteiger charge is -2.17. The fourth-order valence-corrected chi connectivity index (χ4v) is 2.31. The van der Waals surface area contributed by atoms with Gasteiger partial charge in [0.2, 0.25) is 5.91 Å². The van der Waals surface area contributed by atoms with Crippen molar-refractivity contribution in [3.63, 3.8) is 0 Å². The smallest absolute Gasteiger partial charge is 0.252 e. The van der Waals surface area contributed by atoms with Gasteiger partial charge in [0.25, 0.3) is 5.56 Å². The number of hydrogen-bond donors (Lipinski definition) is 3. The van der Waals surface area contributed by atoms with Crippen molar-refractivity contribution in [2.45, 2.75) is 19.4 Å². The Morgan fingerprint density at radius 3 is 2.87 bits per heavy atom. The number of nitrogens with one attached hydrogen (secondary N) is 2. The minimum atomic E-state index is -0.510. The first kappa shape index (κ1) is 16.4. The molecule has 0 radical (unpaired) electrons. The largest absolute Gasteiger partial charge is 0.399 e. The van der Waals surface area contributed by atoms with Crippen LogP contribution in [0.3, 0.4) is 0 Å². The highest BCUT2D eigenvalue weighted by molar-refractivity contribution is 5.95. The third-order valence-electron chi connectivity index (χ3n) is 3.60. The van der Waals surface area contributed by atoms with Crippen molar-refractivity contribution in [1.29, 1.82) is 0 Å². The van der Waals surface area contributed by atoms with Crippen molar-refractivity contribution in [2.24, 2.45) is 7.05 Å². The second kappa shape index (κ2) is 6.88. The Kier molecular flexibility index (Phi) is 4.91. The molecular formula is C17H20N4O2. The van der Waals surface area contributed by atoms with E-state index in [4.69, 9.17) is 12.2 Å². The fourth-order valence-electron chi connectivity index (χ4n) is 2.31. The number of aromatic nitrogens is 1. The van der Waals surface area contributed by atoms with Crippen LogP contribution < -0.4 is 21.9 Å². The maximum Gasteiger partial charge on any atom is 0.252 e. The molecular weight excluding hydrogens is 292 g/mol. The quantitative estimate of drug-likeness (QED) is 0.437. The summed E-state index contributed by atoms with van der Waals surface area (Å²) >= 11 is 0. The molecule has 0 bridgehead atoms. The first-order valence-corrected chi connectivity index (χ1v) is 7.31. The first-order valence-electron chi connectivity index (χ1n) is 7.31. The number of nitrogens with zero attached hydrogens (tertiary/aromatic N) is 1. The molecule has 6 heteroatoms. The number of carbonyl (C=O) groups excluding carboxylic acids is 1. The number of terminal acetylenes is 1. The van der Waals surface area contributed by atoms with Crippen LogP contribution in [0.5, 0.6) is 0 Å². The second-order valence-electron chi connectivity index (χ2n) is 5.34. The van der Waals surface area contributed by atoms with Gasteiger partial charge >= 0.3 is 0 Å². The third-order valence-corrected chi connectivity index (χ3v) is 3.60. The lowest BCUT2D eigenvalue weighted by atomic mass is 10.1. The Labute approximate surface area is 134 Å². The molecule has 0 spiro atoms. The SMILES string of the molecule is C#CCCNC(=O)C(C)Nc1cc(=O)n(C)c2ccc(N)cc12. The highest BCUT2D eigenvalue weighted by atomic mass is 16.2. The number of fused-ring (bicyclic) bond motifs is 1. The summed E-state index contributed by atoms with van der Waals surface area (Å²) in [5, 5.41) is 6.60. The van der Waals surface area contributed by atoms with E-state index in [1.807, 2.05) is 0 Å². The molecule has 0 fully saturated rings. The van der Waals surface area contributed by atoms with Crippen LogP contribution in [0.25, 0.3) is 10.9 Å². The molecule has 0 aliphatic carbocycles. The second-order valence-corrected chi connectivity index (χ2v) is 5.34. The Bertz CT molecular complexity index is 833. The van der Waals surface area contributed by atoms with Crippen LogP contribution in [0.2, 0.25) is 0 Å². The summed E-state index contributed by atoms with van der Waals surface area (Å²) in [6.07, 6.45) is 5.63. The lowest BCUT2D eigenvalue weighted by molar-refractivity contribution is -0.121. The highest BCUT2D eigenvalue weighted by Crippen LogP contribution is 2.24. The van der Waals surface area contributed by atoms with Gasteiger partial charge < -0.3 is 20.9 Å². The number of nitrogens with two attached hydrogens (primary N) is 1. The minimum absolute atomic E-state index is 0.162. The zero-order valence-electron chi connectivity index (χ0n) is 13.2. The number of rotatable bonds is 5. The molecule has 120 valence electrons. The van der Waals surface area contributed by atoms with Gasteiger partial charge in [-0.25, -0.2) is 0 Å². The van der Waals surface area contributed by atoms with Crippen LogP contribution >= 0.6 is 0 Å². The van der Waals surface area contributed by atoms with E-state index in [1.165, 1.54) is 10.6 Å². The topological polar surface area (TPSA) is 89.2 Å². The van der Waals surface area contributed by atoms with E-state index in [0.29, 0.717) is 24.3 Å². The number of pyridine rings is 1. The molecule has 0 saturated carbocycles. The molecule has 4 N–H and O–H groups in total. The Hall–Kier alpha value is -2.94. The maximum absolute atomic E-state index is 12.1. The van der Waals surface area contributed by atoms with E-state index in [0.717, 1.165) is 10.9 Å². The molecule has 1 aromatic carbocycles. The van der Waals surface area contributed by atoms with Gasteiger partial charge in [0.1, 0.15) is 6.04 Å². The molecule has 2 rings (SSSR count). The van der Waals surface area contributed by atoms with Gasteiger partial charge in [0.05, 0.1) is 5.52 Å². The number of anilines is 2. The van der Waals surface area contributed by atoms with Crippen LogP contribution in [0.15, 0.2) is 29.1 Å². The van der Waals surface area contributed by atoms with E-state index in [9.17, 15) is 9.59 Å². The maximum atomic E-state index is 12.1. The van der Waals surface area contributed by atoms with E-state index >= 15 is 0 Å². The van der Waals surface area contributed by atoms with Crippen LogP contribution in [-0.2, 0) is 11.8 Å². The predicted octanol–water partition coefficient (Wildman–Crippen LogP) is 1.06. The van der Waals surface area contributed by atoms with Gasteiger partial charge in [0, 0.05) is 42.8 Å². The van der Waals surface area contributed by atoms with Crippen LogP contribution in [0.4, 0.5) is 11.4 Å². The molecule has 1 atom stereocenters. The summed E-state index contributed by atoms with van der Waals surface area (Å²) in [6.45, 7) is 2.15. The van der Waals surface area contributed by atoms with Gasteiger partial charge in [0.15, 0.2) is 0 Å². The predicted molar refractivity (Wildman–Crippen MR) is 93.1 cm³/mol. The number of carbonyl (C=O) groups is 1. The number of nitrogen functional groups attached to an aromatic ring is 1. The van der Waals surface area contributed by atoms with Crippen molar-refractivity contribution in [3.8, 4) is 12.3 Å². The van der Waals surface area contributed by atoms with Crippen molar-refractivity contribution >= 4 is 28.2 Å². The third kappa shape index (κ3) is 3.64. The number of aryl methyl sites for hydroxylation is 1. The van der Waals surface area contributed by atoms with Gasteiger partial charge in [-0.05, 0) is 25.1 Å². The average Bonchev–Trinajstić information content (AvgIpc) is 2.52. The molecule has 2 aromatic rings. The summed E-state index contributed by atoms with van der Waals surface area (Å²) in [5.74, 6) is 2.28. The normalized spacial score (nSPS) is 11.7. The Morgan fingerprint density at radius 2 is 2.17 bits per heavy atom. The summed E-state index contributed by atoms with van der Waals surface area (Å²) in [5.41, 5.74) is 7.59. The van der Waals surface area contributed by atoms with Gasteiger partial charge in [-0.15, -0.1) is 12.3 Å². The average molecular weight is 312 g/mol. The molecule has 6 nitrogen and oxygen atoms in total. The zero-order chi connectivity index (χ0) is 17.0. The fraction of sp³-hybridized carbons (Fsp3) is 0.294. The molecule has 0 aliphatic heterocycles. The Balaban J connectivity index is 2.31. The standard InChI is InChI=1S/C17H20N4O2/c1-4-5-8-19-17(23)11(2)20-14-10-16(22)21(3)15-7-6-12(18)9-13(14)15/h1,6-7,9-11,20H,5,8,18H2,2-3H3,(H,19,23). The molecule has 1 amide bonds. The summed E-state index contributed by atoms with van der Waals surface area (Å²) in [7, 11) is 1.70. The summed E-state index contributed by atoms with van der Waals surface area (Å²) in [4.78, 5) is 24.1. The van der Waals surface area contributed by atoms with E-state index in [-0.39, 0.29) is 11.5 Å². The minimum Gasteiger partial charge on any atom is -0.399 e. The van der Waals surface area contributed by atoms with E-state index < -0.39 is 6.04 Å². The van der Waals surface area contributed by atoms with E-state index in [1.54, 1.807) is 32.2 Å². The van der Waals surface area contributed by atoms with Crippen molar-refractivity contribution in [3.05, 3.63) is 34.6 Å². The molecule has 1 aromatic heterocycles. The van der Waals surface area contributed by atoms with Gasteiger partial charge in [-0.3, -0.25) is 9.59 Å². The number of hydrogen-bond acceptors (Lipinski definition) is 4. The number of benzene rings is 1. The monoisotopic (exact) mass is 312 g/mol. The summed E-state index contributed by atoms with van der Waals surface area (Å²) in [6, 6.07) is 6.26. The van der Waals surface area contributed by atoms with Crippen LogP contribution in [-0.4, -0.2) is 23.1 Å². The highest BCUT2D eigenvalue weighted by Gasteiger charge is 2.15. The molecule has 1 heterocycles. The molecule has 1 unspecified atom stereocenters. The molecule has 0 saturated heterocycles. The van der Waals surface area contributed by atoms with Crippen LogP contribution in [0, 0.1) is 12.3 Å². The van der Waals surface area contributed by atoms with Gasteiger partial charge in [-0.2, -0.15) is 0 Å². The Morgan fingerprint density at radius 1 is 1.43 bits per heavy atom. The number of amides is 1. The van der Waals surface area contributed by atoms with Crippen molar-refractivity contribution in [2.75, 3.05) is 17.6 Å². The van der Waals surface area contributed by atoms with Crippen LogP contribution in [0.1, 0.15) is 13.3 Å². The first-order chi connectivity index (χ1) is 10.9. The lowest BCUT2D eigenvalue weighted by Crippen LogP contribution is -2.38. The van der Waals surface area contributed by atoms with E-state index in [2.05, 4.69) is 16.6 Å². The van der Waals surface area contributed by atoms with Crippen molar-refractivity contribution < 1.29 is 4.79 Å². The molecule has 0 aliphatic rings. The molecule has 23 heavy (non-hydrogen) atoms.